The van der Waals surface area contributed by atoms with Crippen LogP contribution in [0, 0.1) is 5.41 Å². The summed E-state index contributed by atoms with van der Waals surface area (Å²) in [6.45, 7) is 14.0. The first-order valence-corrected chi connectivity index (χ1v) is 12.4. The Labute approximate surface area is 202 Å². The second kappa shape index (κ2) is 6.85. The largest absolute Gasteiger partial charge is 0.355 e. The number of fused-ring (bicyclic) bond motifs is 6. The Morgan fingerprint density at radius 3 is 1.68 bits per heavy atom. The van der Waals surface area contributed by atoms with Crippen molar-refractivity contribution in [2.45, 2.75) is 52.4 Å². The van der Waals surface area contributed by atoms with Gasteiger partial charge in [0.2, 0.25) is 0 Å². The maximum Gasteiger partial charge on any atom is 0.0512 e. The van der Waals surface area contributed by atoms with Crippen molar-refractivity contribution in [2.75, 3.05) is 0 Å². The standard InChI is InChI=1S/C33H33N/c1-31(2,3)21-15-17-29-25(19-21)26-20-22(16-18-30(26)34-29)33(32(4,5)6)27-13-9-7-11-23(27)24-12-8-10-14-28(24)33/h7-20,34H,1-6H3. The summed E-state index contributed by atoms with van der Waals surface area (Å²) in [6.07, 6.45) is 0. The smallest absolute Gasteiger partial charge is 0.0512 e. The van der Waals surface area contributed by atoms with Gasteiger partial charge in [0.1, 0.15) is 0 Å². The van der Waals surface area contributed by atoms with Gasteiger partial charge in [0.15, 0.2) is 0 Å². The second-order valence-electron chi connectivity index (χ2n) is 12.0. The van der Waals surface area contributed by atoms with Crippen LogP contribution in [0.3, 0.4) is 0 Å². The molecule has 1 aliphatic carbocycles. The average molecular weight is 444 g/mol. The quantitative estimate of drug-likeness (QED) is 0.266. The molecule has 0 atom stereocenters. The van der Waals surface area contributed by atoms with Gasteiger partial charge in [-0.3, -0.25) is 0 Å². The van der Waals surface area contributed by atoms with E-state index in [1.54, 1.807) is 0 Å². The maximum absolute atomic E-state index is 3.66. The van der Waals surface area contributed by atoms with Crippen molar-refractivity contribution in [3.63, 3.8) is 0 Å². The summed E-state index contributed by atoms with van der Waals surface area (Å²) in [7, 11) is 0. The molecule has 34 heavy (non-hydrogen) atoms. The topological polar surface area (TPSA) is 15.8 Å². The molecule has 5 aromatic rings. The van der Waals surface area contributed by atoms with Crippen LogP contribution in [0.5, 0.6) is 0 Å². The Bertz CT molecular complexity index is 1520. The highest BCUT2D eigenvalue weighted by atomic mass is 14.7. The van der Waals surface area contributed by atoms with Gasteiger partial charge in [-0.15, -0.1) is 0 Å². The van der Waals surface area contributed by atoms with Crippen LogP contribution in [0.15, 0.2) is 84.9 Å². The van der Waals surface area contributed by atoms with Crippen LogP contribution in [0.4, 0.5) is 0 Å². The summed E-state index contributed by atoms with van der Waals surface area (Å²) in [5, 5.41) is 2.62. The molecule has 0 bridgehead atoms. The molecule has 1 nitrogen and oxygen atoms in total. The molecule has 1 heteroatoms. The zero-order chi connectivity index (χ0) is 23.9. The lowest BCUT2D eigenvalue weighted by molar-refractivity contribution is 0.278. The molecular formula is C33H33N. The molecule has 4 aromatic carbocycles. The zero-order valence-corrected chi connectivity index (χ0v) is 21.1. The Kier molecular flexibility index (Phi) is 4.28. The van der Waals surface area contributed by atoms with E-state index in [1.807, 2.05) is 0 Å². The van der Waals surface area contributed by atoms with Gasteiger partial charge >= 0.3 is 0 Å². The van der Waals surface area contributed by atoms with Crippen LogP contribution < -0.4 is 0 Å². The third-order valence-corrected chi connectivity index (χ3v) is 7.97. The Hall–Kier alpha value is -3.32. The summed E-state index contributed by atoms with van der Waals surface area (Å²) in [5.41, 5.74) is 10.6. The van der Waals surface area contributed by atoms with Gasteiger partial charge in [-0.2, -0.15) is 0 Å². The van der Waals surface area contributed by atoms with Crippen LogP contribution in [-0.2, 0) is 10.8 Å². The molecule has 0 saturated heterocycles. The molecule has 1 aromatic heterocycles. The Balaban J connectivity index is 1.71. The highest BCUT2D eigenvalue weighted by Crippen LogP contribution is 2.60. The number of nitrogens with one attached hydrogen (secondary N) is 1. The van der Waals surface area contributed by atoms with Crippen LogP contribution in [0.25, 0.3) is 32.9 Å². The number of H-pyrrole nitrogens is 1. The van der Waals surface area contributed by atoms with E-state index in [-0.39, 0.29) is 16.2 Å². The summed E-state index contributed by atoms with van der Waals surface area (Å²) < 4.78 is 0. The molecular weight excluding hydrogens is 410 g/mol. The number of aromatic nitrogens is 1. The summed E-state index contributed by atoms with van der Waals surface area (Å²) in [5.74, 6) is 0. The number of hydrogen-bond acceptors (Lipinski definition) is 0. The first-order chi connectivity index (χ1) is 16.1. The van der Waals surface area contributed by atoms with Gasteiger partial charge < -0.3 is 4.98 Å². The van der Waals surface area contributed by atoms with Gasteiger partial charge in [-0.05, 0) is 68.5 Å². The average Bonchev–Trinajstić information content (AvgIpc) is 3.31. The minimum atomic E-state index is -0.223. The van der Waals surface area contributed by atoms with Crippen molar-refractivity contribution in [1.82, 2.24) is 4.98 Å². The number of hydrogen-bond donors (Lipinski definition) is 1. The fraction of sp³-hybridized carbons (Fsp3) is 0.273. The Morgan fingerprint density at radius 1 is 0.588 bits per heavy atom. The SMILES string of the molecule is CC(C)(C)c1ccc2[nH]c3ccc(C4(C(C)(C)C)c5ccccc5-c5ccccc54)cc3c2c1. The predicted molar refractivity (Wildman–Crippen MR) is 146 cm³/mol. The van der Waals surface area contributed by atoms with Crippen LogP contribution in [-0.4, -0.2) is 4.98 Å². The van der Waals surface area contributed by atoms with Crippen LogP contribution >= 0.6 is 0 Å². The van der Waals surface area contributed by atoms with Crippen molar-refractivity contribution in [1.29, 1.82) is 0 Å². The first-order valence-electron chi connectivity index (χ1n) is 12.4. The van der Waals surface area contributed by atoms with Gasteiger partial charge in [-0.25, -0.2) is 0 Å². The van der Waals surface area contributed by atoms with E-state index in [2.05, 4.69) is 131 Å². The normalized spacial score (nSPS) is 15.0. The number of benzene rings is 4. The molecule has 0 aliphatic heterocycles. The maximum atomic E-state index is 3.66. The van der Waals surface area contributed by atoms with Crippen LogP contribution in [0.1, 0.15) is 63.8 Å². The minimum absolute atomic E-state index is 0.0218. The lowest BCUT2D eigenvalue weighted by Gasteiger charge is -2.44. The van der Waals surface area contributed by atoms with Gasteiger partial charge in [-0.1, -0.05) is 102 Å². The molecule has 1 heterocycles. The fourth-order valence-electron chi connectivity index (χ4n) is 6.38. The van der Waals surface area contributed by atoms with Gasteiger partial charge in [0.05, 0.1) is 5.41 Å². The van der Waals surface area contributed by atoms with E-state index in [0.29, 0.717) is 0 Å². The van der Waals surface area contributed by atoms with E-state index in [1.165, 1.54) is 55.2 Å². The molecule has 0 amide bonds. The minimum Gasteiger partial charge on any atom is -0.355 e. The summed E-state index contributed by atoms with van der Waals surface area (Å²) >= 11 is 0. The summed E-state index contributed by atoms with van der Waals surface area (Å²) in [4.78, 5) is 3.66. The number of rotatable bonds is 1. The molecule has 0 unspecified atom stereocenters. The van der Waals surface area contributed by atoms with Crippen LogP contribution in [0.2, 0.25) is 0 Å². The lowest BCUT2D eigenvalue weighted by atomic mass is 9.57. The van der Waals surface area contributed by atoms with Gasteiger partial charge in [0.25, 0.3) is 0 Å². The lowest BCUT2D eigenvalue weighted by Crippen LogP contribution is -2.40. The predicted octanol–water partition coefficient (Wildman–Crippen LogP) is 8.98. The molecule has 0 saturated carbocycles. The van der Waals surface area contributed by atoms with Crippen molar-refractivity contribution in [3.8, 4) is 11.1 Å². The molecule has 0 radical (unpaired) electrons. The van der Waals surface area contributed by atoms with Crippen molar-refractivity contribution < 1.29 is 0 Å². The third kappa shape index (κ3) is 2.73. The molecule has 170 valence electrons. The summed E-state index contributed by atoms with van der Waals surface area (Å²) in [6, 6.07) is 32.0. The third-order valence-electron chi connectivity index (χ3n) is 7.97. The Morgan fingerprint density at radius 2 is 1.12 bits per heavy atom. The molecule has 1 N–H and O–H groups in total. The van der Waals surface area contributed by atoms with E-state index >= 15 is 0 Å². The molecule has 1 aliphatic rings. The van der Waals surface area contributed by atoms with Gasteiger partial charge in [0, 0.05) is 21.8 Å². The van der Waals surface area contributed by atoms with E-state index in [0.717, 1.165) is 0 Å². The highest BCUT2D eigenvalue weighted by Gasteiger charge is 2.52. The van der Waals surface area contributed by atoms with E-state index in [9.17, 15) is 0 Å². The second-order valence-corrected chi connectivity index (χ2v) is 12.0. The fourth-order valence-corrected chi connectivity index (χ4v) is 6.38. The van der Waals surface area contributed by atoms with Crippen molar-refractivity contribution in [3.05, 3.63) is 107 Å². The molecule has 6 rings (SSSR count). The monoisotopic (exact) mass is 443 g/mol. The van der Waals surface area contributed by atoms with Crippen molar-refractivity contribution in [2.24, 2.45) is 5.41 Å². The van der Waals surface area contributed by atoms with E-state index in [4.69, 9.17) is 0 Å². The molecule has 0 fully saturated rings. The van der Waals surface area contributed by atoms with E-state index < -0.39 is 0 Å². The molecule has 0 spiro atoms. The zero-order valence-electron chi connectivity index (χ0n) is 21.1. The number of aromatic amines is 1. The van der Waals surface area contributed by atoms with Crippen molar-refractivity contribution >= 4 is 21.8 Å². The highest BCUT2D eigenvalue weighted by molar-refractivity contribution is 6.08. The first kappa shape index (κ1) is 21.2.